The topological polar surface area (TPSA) is 101 Å². The van der Waals surface area contributed by atoms with Gasteiger partial charge in [-0.15, -0.1) is 0 Å². The van der Waals surface area contributed by atoms with Gasteiger partial charge in [-0.2, -0.15) is 0 Å². The molecule has 0 saturated heterocycles. The van der Waals surface area contributed by atoms with Crippen LogP contribution in [0.3, 0.4) is 0 Å². The lowest BCUT2D eigenvalue weighted by Gasteiger charge is -2.20. The Hall–Kier alpha value is -2.78. The highest BCUT2D eigenvalue weighted by atomic mass is 35.5. The Morgan fingerprint density at radius 3 is 2.76 bits per heavy atom. The number of fused-ring (bicyclic) bond motifs is 1. The number of carbonyl (C=O) groups is 1. The summed E-state index contributed by atoms with van der Waals surface area (Å²) in [6.07, 6.45) is 4.18. The van der Waals surface area contributed by atoms with Gasteiger partial charge < -0.3 is 10.6 Å². The second kappa shape index (κ2) is 9.61. The fourth-order valence-electron chi connectivity index (χ4n) is 3.78. The summed E-state index contributed by atoms with van der Waals surface area (Å²) in [7, 11) is 1.74. The van der Waals surface area contributed by atoms with Crippen LogP contribution in [0.2, 0.25) is 5.15 Å². The van der Waals surface area contributed by atoms with E-state index in [0.717, 1.165) is 17.7 Å². The van der Waals surface area contributed by atoms with E-state index in [1.54, 1.807) is 30.0 Å². The van der Waals surface area contributed by atoms with Gasteiger partial charge in [0.2, 0.25) is 5.95 Å². The van der Waals surface area contributed by atoms with Crippen molar-refractivity contribution in [1.29, 1.82) is 0 Å². The molecule has 1 fully saturated rings. The van der Waals surface area contributed by atoms with Gasteiger partial charge in [-0.1, -0.05) is 29.6 Å². The average Bonchev–Trinajstić information content (AvgIpc) is 3.61. The molecule has 1 aliphatic rings. The second-order valence-corrected chi connectivity index (χ2v) is 9.41. The largest absolute Gasteiger partial charge is 0.377 e. The van der Waals surface area contributed by atoms with E-state index in [9.17, 15) is 9.59 Å². The standard InChI is InChI=1S/C23H27ClN6O2S/c1-12-9-15(13(2)26-17-7-8-18(24)27-20(17)21(31)29-33-4)19-16(10-12)22(32)30(3)23(28-19)25-11-14-5-6-14/h7-10,13-14,26H,5-6,11H2,1-4H3,(H,25,28)(H,29,31). The van der Waals surface area contributed by atoms with E-state index in [1.165, 1.54) is 24.8 Å². The minimum Gasteiger partial charge on any atom is -0.377 e. The third kappa shape index (κ3) is 5.09. The molecule has 1 aromatic carbocycles. The Bertz CT molecular complexity index is 1270. The number of amides is 1. The van der Waals surface area contributed by atoms with E-state index in [-0.39, 0.29) is 28.4 Å². The molecule has 0 bridgehead atoms. The molecule has 0 spiro atoms. The van der Waals surface area contributed by atoms with E-state index in [0.29, 0.717) is 28.5 Å². The summed E-state index contributed by atoms with van der Waals surface area (Å²) in [5, 5.41) is 7.50. The molecule has 8 nitrogen and oxygen atoms in total. The molecule has 1 saturated carbocycles. The maximum absolute atomic E-state index is 13.1. The maximum Gasteiger partial charge on any atom is 0.281 e. The second-order valence-electron chi connectivity index (χ2n) is 8.41. The van der Waals surface area contributed by atoms with E-state index >= 15 is 0 Å². The summed E-state index contributed by atoms with van der Waals surface area (Å²) in [6, 6.07) is 6.99. The quantitative estimate of drug-likeness (QED) is 0.322. The van der Waals surface area contributed by atoms with Gasteiger partial charge >= 0.3 is 0 Å². The Morgan fingerprint density at radius 2 is 2.06 bits per heavy atom. The molecule has 1 atom stereocenters. The van der Waals surface area contributed by atoms with Gasteiger partial charge in [0.1, 0.15) is 5.15 Å². The monoisotopic (exact) mass is 486 g/mol. The first-order valence-corrected chi connectivity index (χ1v) is 12.4. The number of hydrogen-bond acceptors (Lipinski definition) is 7. The Kier molecular flexibility index (Phi) is 6.81. The SMILES string of the molecule is CSNC(=O)c1nc(Cl)ccc1NC(C)c1cc(C)cc2c(=O)n(C)c(NCC3CC3)nc12. The normalized spacial score (nSPS) is 14.2. The minimum atomic E-state index is -0.340. The highest BCUT2D eigenvalue weighted by Crippen LogP contribution is 2.30. The molecule has 2 aromatic heterocycles. The Morgan fingerprint density at radius 1 is 1.30 bits per heavy atom. The molecular formula is C23H27ClN6O2S. The van der Waals surface area contributed by atoms with Crippen molar-refractivity contribution in [1.82, 2.24) is 19.3 Å². The fourth-order valence-corrected chi connectivity index (χ4v) is 4.20. The van der Waals surface area contributed by atoms with E-state index in [2.05, 4.69) is 20.3 Å². The van der Waals surface area contributed by atoms with Crippen LogP contribution in [-0.2, 0) is 7.05 Å². The zero-order valence-electron chi connectivity index (χ0n) is 19.0. The van der Waals surface area contributed by atoms with Crippen molar-refractivity contribution >= 4 is 52.0 Å². The zero-order valence-corrected chi connectivity index (χ0v) is 20.6. The fraction of sp³-hybridized carbons (Fsp3) is 0.391. The number of hydrogen-bond donors (Lipinski definition) is 3. The summed E-state index contributed by atoms with van der Waals surface area (Å²) in [4.78, 5) is 34.7. The van der Waals surface area contributed by atoms with Gasteiger partial charge in [-0.05, 0) is 56.4 Å². The summed E-state index contributed by atoms with van der Waals surface area (Å²) < 4.78 is 4.25. The highest BCUT2D eigenvalue weighted by molar-refractivity contribution is 7.97. The number of nitrogens with zero attached hydrogens (tertiary/aromatic N) is 3. The van der Waals surface area contributed by atoms with Crippen molar-refractivity contribution in [3.8, 4) is 0 Å². The maximum atomic E-state index is 13.1. The molecule has 1 amide bonds. The van der Waals surface area contributed by atoms with Crippen LogP contribution in [0.15, 0.2) is 29.1 Å². The molecule has 10 heteroatoms. The molecule has 3 N–H and O–H groups in total. The van der Waals surface area contributed by atoms with Gasteiger partial charge in [0.05, 0.1) is 22.6 Å². The van der Waals surface area contributed by atoms with Crippen molar-refractivity contribution < 1.29 is 4.79 Å². The number of carbonyl (C=O) groups excluding carboxylic acids is 1. The molecule has 0 radical (unpaired) electrons. The van der Waals surface area contributed by atoms with Gasteiger partial charge in [-0.25, -0.2) is 9.97 Å². The number of benzene rings is 1. The van der Waals surface area contributed by atoms with Crippen molar-refractivity contribution in [2.75, 3.05) is 23.4 Å². The van der Waals surface area contributed by atoms with Crippen molar-refractivity contribution in [2.24, 2.45) is 13.0 Å². The Balaban J connectivity index is 1.74. The third-order valence-electron chi connectivity index (χ3n) is 5.71. The van der Waals surface area contributed by atoms with Crippen LogP contribution in [0.4, 0.5) is 11.6 Å². The zero-order chi connectivity index (χ0) is 23.7. The summed E-state index contributed by atoms with van der Waals surface area (Å²) >= 11 is 7.23. The van der Waals surface area contributed by atoms with E-state index in [4.69, 9.17) is 16.6 Å². The number of aryl methyl sites for hydroxylation is 1. The lowest BCUT2D eigenvalue weighted by atomic mass is 10.0. The summed E-state index contributed by atoms with van der Waals surface area (Å²) in [5.74, 6) is 0.871. The molecule has 3 aromatic rings. The molecule has 0 aliphatic heterocycles. The molecule has 2 heterocycles. The van der Waals surface area contributed by atoms with Crippen LogP contribution < -0.4 is 20.9 Å². The number of aromatic nitrogens is 3. The van der Waals surface area contributed by atoms with Crippen molar-refractivity contribution in [2.45, 2.75) is 32.7 Å². The first-order chi connectivity index (χ1) is 15.8. The predicted octanol–water partition coefficient (Wildman–Crippen LogP) is 4.29. The van der Waals surface area contributed by atoms with Gasteiger partial charge in [0, 0.05) is 25.4 Å². The van der Waals surface area contributed by atoms with Gasteiger partial charge in [0.25, 0.3) is 11.5 Å². The summed E-state index contributed by atoms with van der Waals surface area (Å²) in [5.41, 5.74) is 3.12. The average molecular weight is 487 g/mol. The Labute approximate surface area is 201 Å². The van der Waals surface area contributed by atoms with Crippen LogP contribution >= 0.6 is 23.5 Å². The number of pyridine rings is 1. The lowest BCUT2D eigenvalue weighted by Crippen LogP contribution is -2.24. The molecule has 174 valence electrons. The molecule has 33 heavy (non-hydrogen) atoms. The lowest BCUT2D eigenvalue weighted by molar-refractivity contribution is 0.0980. The smallest absolute Gasteiger partial charge is 0.281 e. The number of rotatable bonds is 8. The highest BCUT2D eigenvalue weighted by Gasteiger charge is 2.23. The van der Waals surface area contributed by atoms with E-state index < -0.39 is 0 Å². The predicted molar refractivity (Wildman–Crippen MR) is 135 cm³/mol. The van der Waals surface area contributed by atoms with Gasteiger partial charge in [0.15, 0.2) is 5.69 Å². The van der Waals surface area contributed by atoms with Crippen LogP contribution in [0.25, 0.3) is 10.9 Å². The van der Waals surface area contributed by atoms with Crippen LogP contribution in [0.5, 0.6) is 0 Å². The third-order valence-corrected chi connectivity index (χ3v) is 6.31. The number of nitrogens with one attached hydrogen (secondary N) is 3. The molecule has 4 rings (SSSR count). The summed E-state index contributed by atoms with van der Waals surface area (Å²) in [6.45, 7) is 4.73. The first-order valence-electron chi connectivity index (χ1n) is 10.8. The van der Waals surface area contributed by atoms with Crippen LogP contribution in [0.1, 0.15) is 47.4 Å². The molecule has 1 aliphatic carbocycles. The molecule has 1 unspecified atom stereocenters. The van der Waals surface area contributed by atoms with Crippen LogP contribution in [0, 0.1) is 12.8 Å². The first kappa shape index (κ1) is 23.4. The van der Waals surface area contributed by atoms with Crippen molar-refractivity contribution in [3.63, 3.8) is 0 Å². The van der Waals surface area contributed by atoms with Crippen LogP contribution in [-0.4, -0.2) is 33.2 Å². The number of halogens is 1. The molecular weight excluding hydrogens is 460 g/mol. The van der Waals surface area contributed by atoms with Crippen molar-refractivity contribution in [3.05, 3.63) is 56.6 Å². The number of anilines is 2. The minimum absolute atomic E-state index is 0.0938. The van der Waals surface area contributed by atoms with Gasteiger partial charge in [-0.3, -0.25) is 18.9 Å². The van der Waals surface area contributed by atoms with E-state index in [1.807, 2.05) is 26.0 Å².